The smallest absolute Gasteiger partial charge is 0.133 e. The molecule has 0 aliphatic carbocycles. The fraction of sp³-hybridized carbons (Fsp3) is 0.462. The molecule has 3 heterocycles. The summed E-state index contributed by atoms with van der Waals surface area (Å²) in [6.07, 6.45) is 2.54. The van der Waals surface area contributed by atoms with E-state index in [0.717, 1.165) is 24.5 Å². The highest BCUT2D eigenvalue weighted by molar-refractivity contribution is 7.10. The number of likely N-dealkylation sites (tertiary alicyclic amines) is 1. The van der Waals surface area contributed by atoms with Gasteiger partial charge in [-0.25, -0.2) is 0 Å². The standard InChI is InChI=1S/C13H16N2OS/c1-10-8-11(14-16-10)9-15-6-2-4-12(15)13-5-3-7-17-13/h3,5,7-8,12H,2,4,6,9H2,1H3. The first-order valence-electron chi connectivity index (χ1n) is 6.02. The lowest BCUT2D eigenvalue weighted by atomic mass is 10.2. The van der Waals surface area contributed by atoms with E-state index in [9.17, 15) is 0 Å². The first-order valence-corrected chi connectivity index (χ1v) is 6.90. The van der Waals surface area contributed by atoms with E-state index < -0.39 is 0 Å². The minimum atomic E-state index is 0.576. The normalized spacial score (nSPS) is 21.1. The third-order valence-corrected chi connectivity index (χ3v) is 4.25. The van der Waals surface area contributed by atoms with Gasteiger partial charge in [-0.15, -0.1) is 11.3 Å². The SMILES string of the molecule is Cc1cc(CN2CCCC2c2cccs2)no1. The number of rotatable bonds is 3. The average molecular weight is 248 g/mol. The molecule has 1 aliphatic rings. The van der Waals surface area contributed by atoms with Gasteiger partial charge in [0.05, 0.1) is 5.69 Å². The Morgan fingerprint density at radius 1 is 1.59 bits per heavy atom. The summed E-state index contributed by atoms with van der Waals surface area (Å²) >= 11 is 1.85. The van der Waals surface area contributed by atoms with Gasteiger partial charge in [-0.3, -0.25) is 4.90 Å². The van der Waals surface area contributed by atoms with Crippen molar-refractivity contribution in [3.05, 3.63) is 39.9 Å². The van der Waals surface area contributed by atoms with Gasteiger partial charge < -0.3 is 4.52 Å². The molecule has 4 heteroatoms. The molecule has 2 aromatic heterocycles. The highest BCUT2D eigenvalue weighted by Gasteiger charge is 2.27. The average Bonchev–Trinajstić information content (AvgIpc) is 3.00. The number of thiophene rings is 1. The van der Waals surface area contributed by atoms with Crippen molar-refractivity contribution < 1.29 is 4.52 Å². The molecule has 1 fully saturated rings. The number of nitrogens with zero attached hydrogens (tertiary/aromatic N) is 2. The quantitative estimate of drug-likeness (QED) is 0.834. The second-order valence-electron chi connectivity index (χ2n) is 4.57. The molecule has 1 atom stereocenters. The lowest BCUT2D eigenvalue weighted by Gasteiger charge is -2.22. The second kappa shape index (κ2) is 4.63. The zero-order chi connectivity index (χ0) is 11.7. The molecule has 1 saturated heterocycles. The molecule has 90 valence electrons. The predicted molar refractivity (Wildman–Crippen MR) is 67.9 cm³/mol. The lowest BCUT2D eigenvalue weighted by Crippen LogP contribution is -2.22. The predicted octanol–water partition coefficient (Wildman–Crippen LogP) is 3.38. The highest BCUT2D eigenvalue weighted by atomic mass is 32.1. The number of aromatic nitrogens is 1. The molecule has 2 aromatic rings. The Bertz CT molecular complexity index is 477. The van der Waals surface area contributed by atoms with Crippen LogP contribution in [0.4, 0.5) is 0 Å². The van der Waals surface area contributed by atoms with Crippen molar-refractivity contribution >= 4 is 11.3 Å². The zero-order valence-electron chi connectivity index (χ0n) is 9.93. The molecule has 17 heavy (non-hydrogen) atoms. The van der Waals surface area contributed by atoms with Crippen LogP contribution in [-0.4, -0.2) is 16.6 Å². The Hall–Kier alpha value is -1.13. The van der Waals surface area contributed by atoms with Crippen LogP contribution in [-0.2, 0) is 6.54 Å². The number of hydrogen-bond acceptors (Lipinski definition) is 4. The molecule has 0 spiro atoms. The molecule has 0 radical (unpaired) electrons. The molecular weight excluding hydrogens is 232 g/mol. The monoisotopic (exact) mass is 248 g/mol. The Morgan fingerprint density at radius 3 is 3.24 bits per heavy atom. The Balaban J connectivity index is 1.74. The third-order valence-electron chi connectivity index (χ3n) is 3.28. The summed E-state index contributed by atoms with van der Waals surface area (Å²) in [6, 6.07) is 6.98. The molecule has 0 N–H and O–H groups in total. The molecule has 3 nitrogen and oxygen atoms in total. The molecule has 0 aromatic carbocycles. The van der Waals surface area contributed by atoms with Crippen molar-refractivity contribution in [2.75, 3.05) is 6.54 Å². The van der Waals surface area contributed by atoms with Crippen molar-refractivity contribution in [2.45, 2.75) is 32.4 Å². The fourth-order valence-electron chi connectivity index (χ4n) is 2.52. The summed E-state index contributed by atoms with van der Waals surface area (Å²) < 4.78 is 5.13. The molecule has 0 amide bonds. The second-order valence-corrected chi connectivity index (χ2v) is 5.55. The molecule has 0 bridgehead atoms. The summed E-state index contributed by atoms with van der Waals surface area (Å²) in [5.74, 6) is 0.895. The Labute approximate surface area is 105 Å². The van der Waals surface area contributed by atoms with Crippen LogP contribution in [0.25, 0.3) is 0 Å². The summed E-state index contributed by atoms with van der Waals surface area (Å²) in [5, 5.41) is 6.24. The van der Waals surface area contributed by atoms with E-state index in [-0.39, 0.29) is 0 Å². The van der Waals surface area contributed by atoms with E-state index in [4.69, 9.17) is 4.52 Å². The van der Waals surface area contributed by atoms with Gasteiger partial charge in [-0.1, -0.05) is 11.2 Å². The molecule has 3 rings (SSSR count). The van der Waals surface area contributed by atoms with Crippen LogP contribution in [0.3, 0.4) is 0 Å². The topological polar surface area (TPSA) is 29.3 Å². The molecule has 1 aliphatic heterocycles. The number of aryl methyl sites for hydroxylation is 1. The fourth-order valence-corrected chi connectivity index (χ4v) is 3.41. The van der Waals surface area contributed by atoms with Gasteiger partial charge in [0.2, 0.25) is 0 Å². The minimum Gasteiger partial charge on any atom is -0.361 e. The third kappa shape index (κ3) is 2.28. The van der Waals surface area contributed by atoms with Crippen LogP contribution in [0.2, 0.25) is 0 Å². The maximum absolute atomic E-state index is 5.13. The van der Waals surface area contributed by atoms with Gasteiger partial charge in [0.1, 0.15) is 5.76 Å². The maximum atomic E-state index is 5.13. The summed E-state index contributed by atoms with van der Waals surface area (Å²) in [5.41, 5.74) is 1.05. The van der Waals surface area contributed by atoms with Gasteiger partial charge in [0.25, 0.3) is 0 Å². The van der Waals surface area contributed by atoms with Crippen LogP contribution < -0.4 is 0 Å². The van der Waals surface area contributed by atoms with E-state index in [1.165, 1.54) is 17.7 Å². The zero-order valence-corrected chi connectivity index (χ0v) is 10.7. The summed E-state index contributed by atoms with van der Waals surface area (Å²) in [7, 11) is 0. The van der Waals surface area contributed by atoms with E-state index in [2.05, 4.69) is 27.6 Å². The minimum absolute atomic E-state index is 0.576. The summed E-state index contributed by atoms with van der Waals surface area (Å²) in [4.78, 5) is 3.98. The molecule has 0 saturated carbocycles. The molecule has 1 unspecified atom stereocenters. The van der Waals surface area contributed by atoms with Gasteiger partial charge in [0.15, 0.2) is 0 Å². The first kappa shape index (κ1) is 11.0. The van der Waals surface area contributed by atoms with Gasteiger partial charge >= 0.3 is 0 Å². The van der Waals surface area contributed by atoms with Gasteiger partial charge in [-0.05, 0) is 37.8 Å². The number of hydrogen-bond donors (Lipinski definition) is 0. The van der Waals surface area contributed by atoms with Gasteiger partial charge in [-0.2, -0.15) is 0 Å². The van der Waals surface area contributed by atoms with Crippen molar-refractivity contribution in [1.29, 1.82) is 0 Å². The first-order chi connectivity index (χ1) is 8.33. The van der Waals surface area contributed by atoms with E-state index in [0.29, 0.717) is 6.04 Å². The van der Waals surface area contributed by atoms with Crippen molar-refractivity contribution in [2.24, 2.45) is 0 Å². The van der Waals surface area contributed by atoms with Crippen molar-refractivity contribution in [3.63, 3.8) is 0 Å². The van der Waals surface area contributed by atoms with Crippen LogP contribution in [0, 0.1) is 6.92 Å². The highest BCUT2D eigenvalue weighted by Crippen LogP contribution is 2.35. The van der Waals surface area contributed by atoms with E-state index in [1.54, 1.807) is 0 Å². The van der Waals surface area contributed by atoms with Crippen molar-refractivity contribution in [1.82, 2.24) is 10.1 Å². The van der Waals surface area contributed by atoms with Crippen LogP contribution in [0.1, 0.15) is 35.2 Å². The Kier molecular flexibility index (Phi) is 2.99. The molecular formula is C13H16N2OS. The van der Waals surface area contributed by atoms with Crippen molar-refractivity contribution in [3.8, 4) is 0 Å². The summed E-state index contributed by atoms with van der Waals surface area (Å²) in [6.45, 7) is 4.01. The Morgan fingerprint density at radius 2 is 2.53 bits per heavy atom. The van der Waals surface area contributed by atoms with Crippen LogP contribution in [0.5, 0.6) is 0 Å². The largest absolute Gasteiger partial charge is 0.361 e. The van der Waals surface area contributed by atoms with E-state index >= 15 is 0 Å². The van der Waals surface area contributed by atoms with Crippen LogP contribution >= 0.6 is 11.3 Å². The lowest BCUT2D eigenvalue weighted by molar-refractivity contribution is 0.243. The van der Waals surface area contributed by atoms with E-state index in [1.807, 2.05) is 24.3 Å². The maximum Gasteiger partial charge on any atom is 0.133 e. The van der Waals surface area contributed by atoms with Crippen LogP contribution in [0.15, 0.2) is 28.1 Å². The van der Waals surface area contributed by atoms with Gasteiger partial charge in [0, 0.05) is 23.5 Å².